The zero-order valence-electron chi connectivity index (χ0n) is 16.1. The van der Waals surface area contributed by atoms with Crippen molar-refractivity contribution in [1.82, 2.24) is 10.6 Å². The third-order valence-corrected chi connectivity index (χ3v) is 4.68. The number of benzene rings is 2. The van der Waals surface area contributed by atoms with Gasteiger partial charge in [0.25, 0.3) is 0 Å². The summed E-state index contributed by atoms with van der Waals surface area (Å²) in [5.74, 6) is -0.480. The Kier molecular flexibility index (Phi) is 7.39. The van der Waals surface area contributed by atoms with Gasteiger partial charge in [-0.25, -0.2) is 0 Å². The van der Waals surface area contributed by atoms with E-state index in [1.165, 1.54) is 0 Å². The summed E-state index contributed by atoms with van der Waals surface area (Å²) in [6.07, 6.45) is 0. The first kappa shape index (κ1) is 20.9. The molecular weight excluding hydrogens is 362 g/mol. The molecule has 2 aromatic rings. The summed E-state index contributed by atoms with van der Waals surface area (Å²) < 4.78 is 0. The van der Waals surface area contributed by atoms with Gasteiger partial charge in [-0.05, 0) is 56.5 Å². The Morgan fingerprint density at radius 2 is 1.59 bits per heavy atom. The van der Waals surface area contributed by atoms with Gasteiger partial charge < -0.3 is 10.6 Å². The van der Waals surface area contributed by atoms with Crippen molar-refractivity contribution in [3.8, 4) is 0 Å². The second kappa shape index (κ2) is 9.53. The fraction of sp³-hybridized carbons (Fsp3) is 0.333. The van der Waals surface area contributed by atoms with Gasteiger partial charge in [0.2, 0.25) is 11.8 Å². The van der Waals surface area contributed by atoms with Gasteiger partial charge in [0.1, 0.15) is 0 Å². The number of hydrogen-bond donors (Lipinski definition) is 3. The smallest absolute Gasteiger partial charge is 0.243 e. The van der Waals surface area contributed by atoms with Crippen LogP contribution in [0, 0.1) is 13.8 Å². The molecule has 144 valence electrons. The molecule has 0 aromatic heterocycles. The molecule has 6 heteroatoms. The van der Waals surface area contributed by atoms with E-state index in [9.17, 15) is 9.59 Å². The molecule has 2 aromatic carbocycles. The second-order valence-electron chi connectivity index (χ2n) is 6.69. The number of hydrogen-bond acceptors (Lipinski definition) is 3. The number of carbonyl (C=O) groups is 2. The Labute approximate surface area is 165 Å². The molecule has 2 atom stereocenters. The summed E-state index contributed by atoms with van der Waals surface area (Å²) in [6.45, 7) is 7.54. The Bertz CT molecular complexity index is 785. The van der Waals surface area contributed by atoms with Gasteiger partial charge in [0.05, 0.1) is 12.6 Å². The van der Waals surface area contributed by atoms with Gasteiger partial charge in [-0.15, -0.1) is 0 Å². The van der Waals surface area contributed by atoms with E-state index < -0.39 is 6.04 Å². The minimum Gasteiger partial charge on any atom is -0.346 e. The summed E-state index contributed by atoms with van der Waals surface area (Å²) >= 11 is 5.90. The van der Waals surface area contributed by atoms with Gasteiger partial charge in [0.15, 0.2) is 0 Å². The zero-order valence-corrected chi connectivity index (χ0v) is 16.9. The molecule has 0 bridgehead atoms. The van der Waals surface area contributed by atoms with E-state index in [1.54, 1.807) is 6.92 Å². The first-order chi connectivity index (χ1) is 12.8. The first-order valence-electron chi connectivity index (χ1n) is 8.93. The van der Waals surface area contributed by atoms with Crippen molar-refractivity contribution in [2.24, 2.45) is 0 Å². The van der Waals surface area contributed by atoms with Crippen molar-refractivity contribution in [3.63, 3.8) is 0 Å². The molecule has 0 aliphatic rings. The van der Waals surface area contributed by atoms with E-state index in [0.29, 0.717) is 5.02 Å². The monoisotopic (exact) mass is 387 g/mol. The Hall–Kier alpha value is -2.37. The van der Waals surface area contributed by atoms with Crippen LogP contribution in [0.15, 0.2) is 42.5 Å². The highest BCUT2D eigenvalue weighted by atomic mass is 35.5. The Balaban J connectivity index is 1.83. The molecule has 0 saturated carbocycles. The number of aryl methyl sites for hydroxylation is 2. The van der Waals surface area contributed by atoms with Crippen molar-refractivity contribution < 1.29 is 9.59 Å². The van der Waals surface area contributed by atoms with Crippen LogP contribution in [0.25, 0.3) is 0 Å². The van der Waals surface area contributed by atoms with E-state index in [-0.39, 0.29) is 24.4 Å². The Morgan fingerprint density at radius 3 is 2.19 bits per heavy atom. The van der Waals surface area contributed by atoms with Crippen LogP contribution in [0.3, 0.4) is 0 Å². The number of para-hydroxylation sites is 1. The lowest BCUT2D eigenvalue weighted by Crippen LogP contribution is -2.45. The maximum atomic E-state index is 12.3. The highest BCUT2D eigenvalue weighted by Gasteiger charge is 2.17. The molecule has 0 aliphatic heterocycles. The Morgan fingerprint density at radius 1 is 1.00 bits per heavy atom. The molecule has 0 saturated heterocycles. The summed E-state index contributed by atoms with van der Waals surface area (Å²) in [4.78, 5) is 24.4. The van der Waals surface area contributed by atoms with Crippen molar-refractivity contribution in [2.75, 3.05) is 11.9 Å². The molecule has 0 unspecified atom stereocenters. The largest absolute Gasteiger partial charge is 0.346 e. The van der Waals surface area contributed by atoms with Crippen LogP contribution in [0.2, 0.25) is 5.02 Å². The molecule has 2 rings (SSSR count). The first-order valence-corrected chi connectivity index (χ1v) is 9.31. The summed E-state index contributed by atoms with van der Waals surface area (Å²) in [5.41, 5.74) is 3.80. The molecule has 5 nitrogen and oxygen atoms in total. The van der Waals surface area contributed by atoms with E-state index in [0.717, 1.165) is 22.4 Å². The van der Waals surface area contributed by atoms with E-state index in [4.69, 9.17) is 11.6 Å². The molecule has 3 N–H and O–H groups in total. The second-order valence-corrected chi connectivity index (χ2v) is 7.13. The third-order valence-electron chi connectivity index (χ3n) is 4.43. The molecule has 0 heterocycles. The van der Waals surface area contributed by atoms with Crippen LogP contribution in [-0.4, -0.2) is 24.4 Å². The molecule has 0 fully saturated rings. The summed E-state index contributed by atoms with van der Waals surface area (Å²) in [6, 6.07) is 12.8. The van der Waals surface area contributed by atoms with E-state index in [1.807, 2.05) is 63.2 Å². The number of anilines is 1. The van der Waals surface area contributed by atoms with Crippen molar-refractivity contribution in [2.45, 2.75) is 39.8 Å². The number of amides is 2. The van der Waals surface area contributed by atoms with Crippen molar-refractivity contribution >= 4 is 29.1 Å². The van der Waals surface area contributed by atoms with E-state index in [2.05, 4.69) is 16.0 Å². The third kappa shape index (κ3) is 6.08. The summed E-state index contributed by atoms with van der Waals surface area (Å²) in [7, 11) is 0. The van der Waals surface area contributed by atoms with Crippen LogP contribution < -0.4 is 16.0 Å². The van der Waals surface area contributed by atoms with Crippen LogP contribution in [0.1, 0.15) is 36.6 Å². The van der Waals surface area contributed by atoms with Gasteiger partial charge in [-0.2, -0.15) is 0 Å². The fourth-order valence-electron chi connectivity index (χ4n) is 2.81. The van der Waals surface area contributed by atoms with Crippen LogP contribution in [0.5, 0.6) is 0 Å². The predicted octanol–water partition coefficient (Wildman–Crippen LogP) is 3.75. The molecular formula is C21H26ClN3O2. The fourth-order valence-corrected chi connectivity index (χ4v) is 2.94. The molecule has 27 heavy (non-hydrogen) atoms. The maximum Gasteiger partial charge on any atom is 0.243 e. The highest BCUT2D eigenvalue weighted by molar-refractivity contribution is 6.30. The average Bonchev–Trinajstić information content (AvgIpc) is 2.63. The standard InChI is InChI=1S/C21H26ClN3O2/c1-13-6-5-7-14(2)20(13)25-19(26)12-23-21(27)16(4)24-15(3)17-8-10-18(22)11-9-17/h5-11,15-16,24H,12H2,1-4H3,(H,23,27)(H,25,26)/t15-,16+/m0/s1. The van der Waals surface area contributed by atoms with Crippen LogP contribution in [-0.2, 0) is 9.59 Å². The SMILES string of the molecule is Cc1cccc(C)c1NC(=O)CNC(=O)[C@@H](C)N[C@@H](C)c1ccc(Cl)cc1. The number of carbonyl (C=O) groups excluding carboxylic acids is 2. The van der Waals surface area contributed by atoms with Crippen molar-refractivity contribution in [3.05, 3.63) is 64.2 Å². The highest BCUT2D eigenvalue weighted by Crippen LogP contribution is 2.19. The van der Waals surface area contributed by atoms with Gasteiger partial charge in [0, 0.05) is 16.8 Å². The number of halogens is 1. The quantitative estimate of drug-likeness (QED) is 0.677. The predicted molar refractivity (Wildman–Crippen MR) is 110 cm³/mol. The van der Waals surface area contributed by atoms with Crippen LogP contribution >= 0.6 is 11.6 Å². The average molecular weight is 388 g/mol. The lowest BCUT2D eigenvalue weighted by molar-refractivity contribution is -0.125. The van der Waals surface area contributed by atoms with Crippen molar-refractivity contribution in [1.29, 1.82) is 0 Å². The molecule has 2 amide bonds. The van der Waals surface area contributed by atoms with Gasteiger partial charge in [-0.3, -0.25) is 14.9 Å². The minimum absolute atomic E-state index is 0.0218. The molecule has 0 spiro atoms. The normalized spacial score (nSPS) is 12.9. The van der Waals surface area contributed by atoms with Gasteiger partial charge >= 0.3 is 0 Å². The van der Waals surface area contributed by atoms with Gasteiger partial charge in [-0.1, -0.05) is 41.9 Å². The maximum absolute atomic E-state index is 12.3. The van der Waals surface area contributed by atoms with E-state index >= 15 is 0 Å². The zero-order chi connectivity index (χ0) is 20.0. The summed E-state index contributed by atoms with van der Waals surface area (Å²) in [5, 5.41) is 9.42. The molecule has 0 radical (unpaired) electrons. The number of rotatable bonds is 7. The lowest BCUT2D eigenvalue weighted by Gasteiger charge is -2.20. The molecule has 0 aliphatic carbocycles. The lowest BCUT2D eigenvalue weighted by atomic mass is 10.1. The van der Waals surface area contributed by atoms with Crippen LogP contribution in [0.4, 0.5) is 5.69 Å². The minimum atomic E-state index is -0.441. The topological polar surface area (TPSA) is 70.2 Å². The number of nitrogens with one attached hydrogen (secondary N) is 3.